The van der Waals surface area contributed by atoms with Crippen LogP contribution in [-0.2, 0) is 14.4 Å². The predicted molar refractivity (Wildman–Crippen MR) is 85.8 cm³/mol. The summed E-state index contributed by atoms with van der Waals surface area (Å²) in [5, 5.41) is 12.4. The maximum absolute atomic E-state index is 12.5. The average Bonchev–Trinajstić information content (AvgIpc) is 3.03. The van der Waals surface area contributed by atoms with Gasteiger partial charge >= 0.3 is 5.97 Å². The van der Waals surface area contributed by atoms with Gasteiger partial charge in [-0.25, -0.2) is 0 Å². The molecule has 2 fully saturated rings. The van der Waals surface area contributed by atoms with Gasteiger partial charge in [-0.2, -0.15) is 0 Å². The van der Waals surface area contributed by atoms with E-state index in [1.54, 1.807) is 4.90 Å². The number of nitrogens with zero attached hydrogens (tertiary/aromatic N) is 1. The fraction of sp³-hybridized carbons (Fsp3) is 0.824. The first-order valence-electron chi connectivity index (χ1n) is 8.81. The van der Waals surface area contributed by atoms with E-state index < -0.39 is 17.4 Å². The van der Waals surface area contributed by atoms with Crippen molar-refractivity contribution in [2.24, 2.45) is 5.41 Å². The summed E-state index contributed by atoms with van der Waals surface area (Å²) in [7, 11) is 0. The Bertz CT molecular complexity index is 458. The SMILES string of the molecule is CCCC(=O)N1CCCC1C(=O)NCC1(C(=O)O)CCCCC1. The van der Waals surface area contributed by atoms with E-state index in [0.29, 0.717) is 32.2 Å². The first-order valence-corrected chi connectivity index (χ1v) is 8.81. The molecule has 2 rings (SSSR count). The van der Waals surface area contributed by atoms with Gasteiger partial charge in [0, 0.05) is 19.5 Å². The number of likely N-dealkylation sites (tertiary alicyclic amines) is 1. The third-order valence-electron chi connectivity index (χ3n) is 5.21. The zero-order valence-electron chi connectivity index (χ0n) is 14.0. The van der Waals surface area contributed by atoms with Crippen molar-refractivity contribution in [3.05, 3.63) is 0 Å². The molecule has 1 aliphatic carbocycles. The van der Waals surface area contributed by atoms with Crippen molar-refractivity contribution in [2.75, 3.05) is 13.1 Å². The van der Waals surface area contributed by atoms with Crippen molar-refractivity contribution in [1.82, 2.24) is 10.2 Å². The van der Waals surface area contributed by atoms with Gasteiger partial charge in [-0.1, -0.05) is 26.2 Å². The van der Waals surface area contributed by atoms with E-state index in [2.05, 4.69) is 5.32 Å². The molecule has 1 unspecified atom stereocenters. The molecule has 1 heterocycles. The maximum Gasteiger partial charge on any atom is 0.311 e. The maximum atomic E-state index is 12.5. The number of carbonyl (C=O) groups excluding carboxylic acids is 2. The van der Waals surface area contributed by atoms with E-state index in [1.165, 1.54) is 0 Å². The number of rotatable bonds is 6. The van der Waals surface area contributed by atoms with E-state index in [9.17, 15) is 19.5 Å². The summed E-state index contributed by atoms with van der Waals surface area (Å²) in [6.07, 6.45) is 6.81. The van der Waals surface area contributed by atoms with Crippen molar-refractivity contribution in [1.29, 1.82) is 0 Å². The standard InChI is InChI=1S/C17H28N2O4/c1-2-7-14(20)19-11-6-8-13(19)15(21)18-12-17(16(22)23)9-4-3-5-10-17/h13H,2-12H2,1H3,(H,18,21)(H,22,23). The Morgan fingerprint density at radius 3 is 2.48 bits per heavy atom. The zero-order valence-corrected chi connectivity index (χ0v) is 14.0. The molecule has 1 saturated carbocycles. The number of hydrogen-bond donors (Lipinski definition) is 2. The Kier molecular flexibility index (Phi) is 6.02. The van der Waals surface area contributed by atoms with Crippen molar-refractivity contribution >= 4 is 17.8 Å². The molecule has 2 amide bonds. The minimum atomic E-state index is -0.829. The molecular formula is C17H28N2O4. The first-order chi connectivity index (χ1) is 11.0. The minimum absolute atomic E-state index is 0.0239. The molecule has 0 bridgehead atoms. The predicted octanol–water partition coefficient (Wildman–Crippen LogP) is 1.93. The largest absolute Gasteiger partial charge is 0.481 e. The summed E-state index contributed by atoms with van der Waals surface area (Å²) >= 11 is 0. The monoisotopic (exact) mass is 324 g/mol. The quantitative estimate of drug-likeness (QED) is 0.781. The highest BCUT2D eigenvalue weighted by molar-refractivity contribution is 5.88. The highest BCUT2D eigenvalue weighted by Crippen LogP contribution is 2.36. The lowest BCUT2D eigenvalue weighted by Gasteiger charge is -2.34. The first kappa shape index (κ1) is 17.8. The Morgan fingerprint density at radius 1 is 1.17 bits per heavy atom. The van der Waals surface area contributed by atoms with Crippen molar-refractivity contribution < 1.29 is 19.5 Å². The number of hydrogen-bond acceptors (Lipinski definition) is 3. The molecule has 23 heavy (non-hydrogen) atoms. The van der Waals surface area contributed by atoms with Crippen LogP contribution in [0.15, 0.2) is 0 Å². The molecule has 0 spiro atoms. The van der Waals surface area contributed by atoms with Gasteiger partial charge in [-0.15, -0.1) is 0 Å². The molecule has 1 atom stereocenters. The van der Waals surface area contributed by atoms with E-state index in [0.717, 1.165) is 32.1 Å². The van der Waals surface area contributed by atoms with Crippen LogP contribution in [0.1, 0.15) is 64.7 Å². The normalized spacial score (nSPS) is 23.5. The van der Waals surface area contributed by atoms with Crippen LogP contribution >= 0.6 is 0 Å². The second kappa shape index (κ2) is 7.79. The van der Waals surface area contributed by atoms with Gasteiger partial charge in [-0.05, 0) is 32.1 Å². The fourth-order valence-electron chi connectivity index (χ4n) is 3.76. The smallest absolute Gasteiger partial charge is 0.311 e. The number of carbonyl (C=O) groups is 3. The molecule has 1 saturated heterocycles. The van der Waals surface area contributed by atoms with Crippen LogP contribution in [0.3, 0.4) is 0 Å². The van der Waals surface area contributed by atoms with Gasteiger partial charge in [0.05, 0.1) is 5.41 Å². The van der Waals surface area contributed by atoms with Gasteiger partial charge in [0.25, 0.3) is 0 Å². The van der Waals surface area contributed by atoms with Crippen LogP contribution in [0.4, 0.5) is 0 Å². The third-order valence-corrected chi connectivity index (χ3v) is 5.21. The van der Waals surface area contributed by atoms with Crippen molar-refractivity contribution in [3.63, 3.8) is 0 Å². The third kappa shape index (κ3) is 4.03. The molecule has 0 aromatic rings. The van der Waals surface area contributed by atoms with E-state index >= 15 is 0 Å². The molecule has 0 aromatic heterocycles. The summed E-state index contributed by atoms with van der Waals surface area (Å²) in [4.78, 5) is 37.9. The topological polar surface area (TPSA) is 86.7 Å². The Morgan fingerprint density at radius 2 is 1.87 bits per heavy atom. The van der Waals surface area contributed by atoms with Crippen LogP contribution in [-0.4, -0.2) is 46.9 Å². The lowest BCUT2D eigenvalue weighted by molar-refractivity contribution is -0.151. The average molecular weight is 324 g/mol. The van der Waals surface area contributed by atoms with E-state index in [1.807, 2.05) is 6.92 Å². The van der Waals surface area contributed by atoms with Crippen LogP contribution in [0, 0.1) is 5.41 Å². The van der Waals surface area contributed by atoms with Crippen LogP contribution in [0.25, 0.3) is 0 Å². The number of carboxylic acids is 1. The molecule has 2 aliphatic rings. The highest BCUT2D eigenvalue weighted by atomic mass is 16.4. The molecule has 1 aliphatic heterocycles. The number of amides is 2. The van der Waals surface area contributed by atoms with Crippen LogP contribution < -0.4 is 5.32 Å². The summed E-state index contributed by atoms with van der Waals surface area (Å²) in [5.41, 5.74) is -0.829. The fourth-order valence-corrected chi connectivity index (χ4v) is 3.76. The summed E-state index contributed by atoms with van der Waals surface area (Å²) in [5.74, 6) is -0.989. The second-order valence-corrected chi connectivity index (χ2v) is 6.86. The molecule has 2 N–H and O–H groups in total. The zero-order chi connectivity index (χ0) is 16.9. The van der Waals surface area contributed by atoms with Gasteiger partial charge in [0.1, 0.15) is 6.04 Å². The molecule has 6 nitrogen and oxygen atoms in total. The van der Waals surface area contributed by atoms with E-state index in [4.69, 9.17) is 0 Å². The summed E-state index contributed by atoms with van der Waals surface area (Å²) in [6.45, 7) is 2.75. The van der Waals surface area contributed by atoms with Gasteiger partial charge in [0.15, 0.2) is 0 Å². The molecule has 0 radical (unpaired) electrons. The number of aliphatic carboxylic acids is 1. The van der Waals surface area contributed by atoms with Crippen LogP contribution in [0.5, 0.6) is 0 Å². The van der Waals surface area contributed by atoms with Crippen molar-refractivity contribution in [2.45, 2.75) is 70.8 Å². The lowest BCUT2D eigenvalue weighted by Crippen LogP contribution is -2.50. The Labute approximate surface area is 137 Å². The van der Waals surface area contributed by atoms with Gasteiger partial charge in [-0.3, -0.25) is 14.4 Å². The molecule has 0 aromatic carbocycles. The van der Waals surface area contributed by atoms with Gasteiger partial charge in [0.2, 0.25) is 11.8 Å². The van der Waals surface area contributed by atoms with E-state index in [-0.39, 0.29) is 18.4 Å². The molecule has 6 heteroatoms. The highest BCUT2D eigenvalue weighted by Gasteiger charge is 2.41. The minimum Gasteiger partial charge on any atom is -0.481 e. The Hall–Kier alpha value is -1.59. The Balaban J connectivity index is 1.95. The summed E-state index contributed by atoms with van der Waals surface area (Å²) < 4.78 is 0. The molecular weight excluding hydrogens is 296 g/mol. The number of carboxylic acid groups (broad SMARTS) is 1. The number of nitrogens with one attached hydrogen (secondary N) is 1. The molecule has 130 valence electrons. The second-order valence-electron chi connectivity index (χ2n) is 6.86. The van der Waals surface area contributed by atoms with Crippen molar-refractivity contribution in [3.8, 4) is 0 Å². The summed E-state index contributed by atoms with van der Waals surface area (Å²) in [6, 6.07) is -0.427. The lowest BCUT2D eigenvalue weighted by atomic mass is 9.74. The van der Waals surface area contributed by atoms with Gasteiger partial charge < -0.3 is 15.3 Å². The van der Waals surface area contributed by atoms with Crippen LogP contribution in [0.2, 0.25) is 0 Å².